The highest BCUT2D eigenvalue weighted by Crippen LogP contribution is 2.19. The average molecular weight is 285 g/mol. The Hall–Kier alpha value is -1.07. The first kappa shape index (κ1) is 16.0. The molecule has 0 bridgehead atoms. The second-order valence-electron chi connectivity index (χ2n) is 4.68. The average Bonchev–Trinajstić information content (AvgIpc) is 2.38. The number of rotatable bonds is 7. The van der Waals surface area contributed by atoms with E-state index in [1.807, 2.05) is 13.8 Å². The third-order valence-electron chi connectivity index (χ3n) is 3.07. The summed E-state index contributed by atoms with van der Waals surface area (Å²) in [6, 6.07) is 6.06. The van der Waals surface area contributed by atoms with Gasteiger partial charge in [0.25, 0.3) is 0 Å². The van der Waals surface area contributed by atoms with Gasteiger partial charge < -0.3 is 10.4 Å². The van der Waals surface area contributed by atoms with Crippen LogP contribution < -0.4 is 5.32 Å². The molecule has 0 aliphatic rings. The van der Waals surface area contributed by atoms with Crippen molar-refractivity contribution < 1.29 is 14.3 Å². The van der Waals surface area contributed by atoms with Crippen molar-refractivity contribution in [1.82, 2.24) is 5.32 Å². The minimum absolute atomic E-state index is 0.0513. The molecule has 0 saturated carbocycles. The molecule has 0 radical (unpaired) electrons. The molecule has 3 nitrogen and oxygen atoms in total. The van der Waals surface area contributed by atoms with Crippen molar-refractivity contribution in [3.05, 3.63) is 30.1 Å². The van der Waals surface area contributed by atoms with Gasteiger partial charge in [0.2, 0.25) is 5.91 Å². The molecule has 1 aromatic rings. The Labute approximate surface area is 117 Å². The predicted octanol–water partition coefficient (Wildman–Crippen LogP) is 2.59. The first-order chi connectivity index (χ1) is 8.99. The van der Waals surface area contributed by atoms with Crippen LogP contribution in [0.2, 0.25) is 0 Å². The standard InChI is InChI=1S/C14H20FNO2S/c1-3-14(2,8-9-17)16-13(18)10-19-12-6-4-11(15)5-7-12/h4-7,17H,3,8-10H2,1-2H3,(H,16,18). The molecule has 1 rings (SSSR count). The number of amides is 1. The van der Waals surface area contributed by atoms with Gasteiger partial charge in [0.1, 0.15) is 5.82 Å². The third-order valence-corrected chi connectivity index (χ3v) is 4.08. The first-order valence-corrected chi connectivity index (χ1v) is 7.28. The van der Waals surface area contributed by atoms with E-state index in [9.17, 15) is 9.18 Å². The second-order valence-corrected chi connectivity index (χ2v) is 5.73. The molecule has 0 saturated heterocycles. The number of benzene rings is 1. The lowest BCUT2D eigenvalue weighted by atomic mass is 9.95. The normalized spacial score (nSPS) is 13.9. The number of thioether (sulfide) groups is 1. The van der Waals surface area contributed by atoms with Crippen molar-refractivity contribution in [1.29, 1.82) is 0 Å². The zero-order valence-corrected chi connectivity index (χ0v) is 12.1. The van der Waals surface area contributed by atoms with Gasteiger partial charge in [0, 0.05) is 17.0 Å². The van der Waals surface area contributed by atoms with E-state index in [2.05, 4.69) is 5.32 Å². The van der Waals surface area contributed by atoms with Crippen LogP contribution >= 0.6 is 11.8 Å². The Bertz CT molecular complexity index is 410. The van der Waals surface area contributed by atoms with Gasteiger partial charge in [-0.15, -0.1) is 11.8 Å². The molecular weight excluding hydrogens is 265 g/mol. The third kappa shape index (κ3) is 5.61. The number of aliphatic hydroxyl groups is 1. The highest BCUT2D eigenvalue weighted by atomic mass is 32.2. The Balaban J connectivity index is 2.45. The summed E-state index contributed by atoms with van der Waals surface area (Å²) in [5, 5.41) is 11.9. The molecule has 0 aliphatic carbocycles. The van der Waals surface area contributed by atoms with E-state index in [0.717, 1.165) is 11.3 Å². The topological polar surface area (TPSA) is 49.3 Å². The summed E-state index contributed by atoms with van der Waals surface area (Å²) in [6.07, 6.45) is 1.30. The van der Waals surface area contributed by atoms with Crippen molar-refractivity contribution in [3.63, 3.8) is 0 Å². The maximum atomic E-state index is 12.7. The van der Waals surface area contributed by atoms with Crippen LogP contribution in [-0.4, -0.2) is 28.9 Å². The molecule has 0 fully saturated rings. The van der Waals surface area contributed by atoms with Crippen molar-refractivity contribution in [2.24, 2.45) is 0 Å². The zero-order valence-electron chi connectivity index (χ0n) is 11.3. The molecular formula is C14H20FNO2S. The number of halogens is 1. The largest absolute Gasteiger partial charge is 0.396 e. The maximum absolute atomic E-state index is 12.7. The van der Waals surface area contributed by atoms with Crippen LogP contribution in [0.25, 0.3) is 0 Å². The molecule has 0 aromatic heterocycles. The van der Waals surface area contributed by atoms with Crippen molar-refractivity contribution in [2.45, 2.75) is 37.1 Å². The summed E-state index contributed by atoms with van der Waals surface area (Å²) in [6.45, 7) is 3.95. The fourth-order valence-electron chi connectivity index (χ4n) is 1.63. The second kappa shape index (κ2) is 7.50. The van der Waals surface area contributed by atoms with E-state index in [1.165, 1.54) is 23.9 Å². The summed E-state index contributed by atoms with van der Waals surface area (Å²) in [5.41, 5.74) is -0.366. The summed E-state index contributed by atoms with van der Waals surface area (Å²) in [7, 11) is 0. The summed E-state index contributed by atoms with van der Waals surface area (Å²) in [4.78, 5) is 12.7. The summed E-state index contributed by atoms with van der Waals surface area (Å²) in [5.74, 6) is -0.0745. The van der Waals surface area contributed by atoms with E-state index >= 15 is 0 Å². The minimum Gasteiger partial charge on any atom is -0.396 e. The van der Waals surface area contributed by atoms with Gasteiger partial charge in [-0.25, -0.2) is 4.39 Å². The van der Waals surface area contributed by atoms with Crippen molar-refractivity contribution in [3.8, 4) is 0 Å². The van der Waals surface area contributed by atoms with Gasteiger partial charge in [-0.2, -0.15) is 0 Å². The van der Waals surface area contributed by atoms with E-state index < -0.39 is 0 Å². The van der Waals surface area contributed by atoms with E-state index in [-0.39, 0.29) is 29.6 Å². The van der Waals surface area contributed by atoms with Gasteiger partial charge in [0.15, 0.2) is 0 Å². The highest BCUT2D eigenvalue weighted by Gasteiger charge is 2.23. The van der Waals surface area contributed by atoms with E-state index in [1.54, 1.807) is 12.1 Å². The molecule has 1 amide bonds. The van der Waals surface area contributed by atoms with Gasteiger partial charge in [0.05, 0.1) is 5.75 Å². The number of aliphatic hydroxyl groups excluding tert-OH is 1. The van der Waals surface area contributed by atoms with Crippen LogP contribution in [0.3, 0.4) is 0 Å². The Morgan fingerprint density at radius 1 is 1.42 bits per heavy atom. The number of nitrogens with one attached hydrogen (secondary N) is 1. The molecule has 0 spiro atoms. The van der Waals surface area contributed by atoms with Crippen LogP contribution in [0.1, 0.15) is 26.7 Å². The zero-order chi connectivity index (χ0) is 14.3. The molecule has 1 aromatic carbocycles. The summed E-state index contributed by atoms with van der Waals surface area (Å²) < 4.78 is 12.7. The Morgan fingerprint density at radius 3 is 2.58 bits per heavy atom. The number of carbonyl (C=O) groups is 1. The fourth-order valence-corrected chi connectivity index (χ4v) is 2.33. The van der Waals surface area contributed by atoms with Crippen molar-refractivity contribution >= 4 is 17.7 Å². The van der Waals surface area contributed by atoms with Gasteiger partial charge in [-0.05, 0) is 44.0 Å². The monoisotopic (exact) mass is 285 g/mol. The summed E-state index contributed by atoms with van der Waals surface area (Å²) >= 11 is 1.37. The van der Waals surface area contributed by atoms with Gasteiger partial charge in [-0.1, -0.05) is 6.92 Å². The van der Waals surface area contributed by atoms with Crippen LogP contribution in [0.5, 0.6) is 0 Å². The van der Waals surface area contributed by atoms with Crippen LogP contribution in [-0.2, 0) is 4.79 Å². The lowest BCUT2D eigenvalue weighted by Gasteiger charge is -2.28. The van der Waals surface area contributed by atoms with Gasteiger partial charge >= 0.3 is 0 Å². The predicted molar refractivity (Wildman–Crippen MR) is 75.7 cm³/mol. The number of hydrogen-bond acceptors (Lipinski definition) is 3. The van der Waals surface area contributed by atoms with Gasteiger partial charge in [-0.3, -0.25) is 4.79 Å². The van der Waals surface area contributed by atoms with E-state index in [0.29, 0.717) is 6.42 Å². The molecule has 1 unspecified atom stereocenters. The number of hydrogen-bond donors (Lipinski definition) is 2. The molecule has 106 valence electrons. The SMILES string of the molecule is CCC(C)(CCO)NC(=O)CSc1ccc(F)cc1. The van der Waals surface area contributed by atoms with Crippen LogP contribution in [0.15, 0.2) is 29.2 Å². The smallest absolute Gasteiger partial charge is 0.230 e. The highest BCUT2D eigenvalue weighted by molar-refractivity contribution is 8.00. The number of carbonyl (C=O) groups excluding carboxylic acids is 1. The lowest BCUT2D eigenvalue weighted by Crippen LogP contribution is -2.46. The van der Waals surface area contributed by atoms with Crippen LogP contribution in [0, 0.1) is 5.82 Å². The molecule has 0 heterocycles. The Kier molecular flexibility index (Phi) is 6.31. The maximum Gasteiger partial charge on any atom is 0.230 e. The quantitative estimate of drug-likeness (QED) is 0.757. The lowest BCUT2D eigenvalue weighted by molar-refractivity contribution is -0.120. The van der Waals surface area contributed by atoms with E-state index in [4.69, 9.17) is 5.11 Å². The van der Waals surface area contributed by atoms with Crippen LogP contribution in [0.4, 0.5) is 4.39 Å². The minimum atomic E-state index is -0.366. The fraction of sp³-hybridized carbons (Fsp3) is 0.500. The molecule has 2 N–H and O–H groups in total. The Morgan fingerprint density at radius 2 is 2.05 bits per heavy atom. The molecule has 5 heteroatoms. The molecule has 19 heavy (non-hydrogen) atoms. The van der Waals surface area contributed by atoms with Crippen molar-refractivity contribution in [2.75, 3.05) is 12.4 Å². The molecule has 0 aliphatic heterocycles. The first-order valence-electron chi connectivity index (χ1n) is 6.29. The molecule has 1 atom stereocenters.